The SMILES string of the molecule is CN=C(NCc1cccc(-c2ccccn2)c1)NC1CCC(NC(=O)OC(C)(C)C)CC1. The molecule has 1 heterocycles. The Morgan fingerprint density at radius 1 is 1.06 bits per heavy atom. The van der Waals surface area contributed by atoms with Crippen LogP contribution in [-0.4, -0.2) is 41.8 Å². The number of rotatable bonds is 5. The molecule has 1 aromatic carbocycles. The molecule has 0 unspecified atom stereocenters. The van der Waals surface area contributed by atoms with Crippen LogP contribution in [0.4, 0.5) is 4.79 Å². The summed E-state index contributed by atoms with van der Waals surface area (Å²) in [6, 6.07) is 14.8. The van der Waals surface area contributed by atoms with E-state index in [1.54, 1.807) is 7.05 Å². The molecule has 0 atom stereocenters. The molecular formula is C25H35N5O2. The van der Waals surface area contributed by atoms with Crippen LogP contribution in [0.15, 0.2) is 53.7 Å². The van der Waals surface area contributed by atoms with Crippen LogP contribution in [0.2, 0.25) is 0 Å². The van der Waals surface area contributed by atoms with E-state index < -0.39 is 5.60 Å². The van der Waals surface area contributed by atoms with E-state index in [1.165, 1.54) is 5.56 Å². The number of aromatic nitrogens is 1. The Morgan fingerprint density at radius 2 is 1.78 bits per heavy atom. The smallest absolute Gasteiger partial charge is 0.407 e. The van der Waals surface area contributed by atoms with E-state index >= 15 is 0 Å². The van der Waals surface area contributed by atoms with Crippen LogP contribution in [0.25, 0.3) is 11.3 Å². The summed E-state index contributed by atoms with van der Waals surface area (Å²) >= 11 is 0. The second kappa shape index (κ2) is 11.0. The van der Waals surface area contributed by atoms with E-state index in [4.69, 9.17) is 4.74 Å². The lowest BCUT2D eigenvalue weighted by Gasteiger charge is -2.31. The molecule has 1 aromatic heterocycles. The molecule has 1 amide bonds. The molecule has 7 nitrogen and oxygen atoms in total. The van der Waals surface area contributed by atoms with E-state index in [0.717, 1.165) is 42.9 Å². The van der Waals surface area contributed by atoms with Gasteiger partial charge in [-0.25, -0.2) is 4.79 Å². The number of carbonyl (C=O) groups is 1. The van der Waals surface area contributed by atoms with Gasteiger partial charge < -0.3 is 20.7 Å². The fourth-order valence-corrected chi connectivity index (χ4v) is 3.80. The number of pyridine rings is 1. The Labute approximate surface area is 191 Å². The van der Waals surface area contributed by atoms with Crippen molar-refractivity contribution in [3.8, 4) is 11.3 Å². The third-order valence-corrected chi connectivity index (χ3v) is 5.36. The number of hydrogen-bond acceptors (Lipinski definition) is 4. The molecule has 0 radical (unpaired) electrons. The second-order valence-electron chi connectivity index (χ2n) is 9.18. The fraction of sp³-hybridized carbons (Fsp3) is 0.480. The van der Waals surface area contributed by atoms with Gasteiger partial charge in [-0.15, -0.1) is 0 Å². The standard InChI is InChI=1S/C25H35N5O2/c1-25(2,3)32-24(31)30-21-13-11-20(12-14-21)29-23(26-4)28-17-18-8-7-9-19(16-18)22-10-5-6-15-27-22/h5-10,15-16,20-21H,11-14,17H2,1-4H3,(H,30,31)(H2,26,28,29). The molecule has 7 heteroatoms. The summed E-state index contributed by atoms with van der Waals surface area (Å²) in [6.07, 6.45) is 5.25. The molecule has 1 aliphatic rings. The normalized spacial score (nSPS) is 19.2. The van der Waals surface area contributed by atoms with Gasteiger partial charge in [0.05, 0.1) is 5.69 Å². The van der Waals surface area contributed by atoms with Gasteiger partial charge in [-0.1, -0.05) is 24.3 Å². The fourth-order valence-electron chi connectivity index (χ4n) is 3.80. The van der Waals surface area contributed by atoms with Crippen molar-refractivity contribution in [1.29, 1.82) is 0 Å². The van der Waals surface area contributed by atoms with Gasteiger partial charge in [0.15, 0.2) is 5.96 Å². The number of alkyl carbamates (subject to hydrolysis) is 1. The highest BCUT2D eigenvalue weighted by Crippen LogP contribution is 2.20. The summed E-state index contributed by atoms with van der Waals surface area (Å²) in [5.41, 5.74) is 2.76. The van der Waals surface area contributed by atoms with Gasteiger partial charge in [-0.3, -0.25) is 9.98 Å². The van der Waals surface area contributed by atoms with Crippen LogP contribution in [0, 0.1) is 0 Å². The average Bonchev–Trinajstić information content (AvgIpc) is 2.77. The topological polar surface area (TPSA) is 87.6 Å². The summed E-state index contributed by atoms with van der Waals surface area (Å²) in [7, 11) is 1.79. The first kappa shape index (κ1) is 23.6. The van der Waals surface area contributed by atoms with Gasteiger partial charge >= 0.3 is 6.09 Å². The van der Waals surface area contributed by atoms with Crippen LogP contribution < -0.4 is 16.0 Å². The van der Waals surface area contributed by atoms with E-state index in [-0.39, 0.29) is 12.1 Å². The second-order valence-corrected chi connectivity index (χ2v) is 9.18. The maximum absolute atomic E-state index is 12.0. The van der Waals surface area contributed by atoms with E-state index in [1.807, 2.05) is 45.2 Å². The molecule has 1 fully saturated rings. The van der Waals surface area contributed by atoms with Gasteiger partial charge in [0.2, 0.25) is 0 Å². The predicted octanol–water partition coefficient (Wildman–Crippen LogP) is 4.25. The summed E-state index contributed by atoms with van der Waals surface area (Å²) < 4.78 is 5.36. The lowest BCUT2D eigenvalue weighted by Crippen LogP contribution is -2.47. The van der Waals surface area contributed by atoms with Crippen LogP contribution in [-0.2, 0) is 11.3 Å². The molecule has 172 valence electrons. The molecular weight excluding hydrogens is 402 g/mol. The number of guanidine groups is 1. The minimum absolute atomic E-state index is 0.159. The molecule has 32 heavy (non-hydrogen) atoms. The molecule has 0 bridgehead atoms. The Hall–Kier alpha value is -3.09. The van der Waals surface area contributed by atoms with E-state index in [9.17, 15) is 4.79 Å². The highest BCUT2D eigenvalue weighted by molar-refractivity contribution is 5.80. The third kappa shape index (κ3) is 7.55. The van der Waals surface area contributed by atoms with Crippen molar-refractivity contribution in [1.82, 2.24) is 20.9 Å². The monoisotopic (exact) mass is 437 g/mol. The minimum Gasteiger partial charge on any atom is -0.444 e. The zero-order chi connectivity index (χ0) is 23.0. The van der Waals surface area contributed by atoms with Crippen molar-refractivity contribution in [2.45, 2.75) is 70.7 Å². The maximum Gasteiger partial charge on any atom is 0.407 e. The predicted molar refractivity (Wildman–Crippen MR) is 128 cm³/mol. The van der Waals surface area contributed by atoms with Crippen molar-refractivity contribution >= 4 is 12.1 Å². The largest absolute Gasteiger partial charge is 0.444 e. The number of nitrogens with one attached hydrogen (secondary N) is 3. The number of nitrogens with zero attached hydrogens (tertiary/aromatic N) is 2. The summed E-state index contributed by atoms with van der Waals surface area (Å²) in [4.78, 5) is 20.8. The maximum atomic E-state index is 12.0. The number of benzene rings is 1. The van der Waals surface area contributed by atoms with Crippen molar-refractivity contribution in [2.24, 2.45) is 4.99 Å². The number of carbonyl (C=O) groups excluding carboxylic acids is 1. The summed E-state index contributed by atoms with van der Waals surface area (Å²) in [5, 5.41) is 9.92. The quantitative estimate of drug-likeness (QED) is 0.481. The van der Waals surface area contributed by atoms with E-state index in [0.29, 0.717) is 12.6 Å². The van der Waals surface area contributed by atoms with Crippen molar-refractivity contribution in [3.05, 3.63) is 54.2 Å². The van der Waals surface area contributed by atoms with Crippen LogP contribution in [0.1, 0.15) is 52.0 Å². The molecule has 2 aromatic rings. The molecule has 0 saturated heterocycles. The Balaban J connectivity index is 1.45. The van der Waals surface area contributed by atoms with Crippen LogP contribution >= 0.6 is 0 Å². The molecule has 0 spiro atoms. The lowest BCUT2D eigenvalue weighted by molar-refractivity contribution is 0.0490. The van der Waals surface area contributed by atoms with Crippen LogP contribution in [0.5, 0.6) is 0 Å². The summed E-state index contributed by atoms with van der Waals surface area (Å²) in [6.45, 7) is 6.30. The van der Waals surface area contributed by atoms with Gasteiger partial charge in [0, 0.05) is 37.4 Å². The van der Waals surface area contributed by atoms with Gasteiger partial charge in [0.1, 0.15) is 5.60 Å². The Morgan fingerprint density at radius 3 is 2.41 bits per heavy atom. The van der Waals surface area contributed by atoms with Crippen molar-refractivity contribution in [3.63, 3.8) is 0 Å². The molecule has 1 aliphatic carbocycles. The molecule has 0 aliphatic heterocycles. The highest BCUT2D eigenvalue weighted by atomic mass is 16.6. The molecule has 3 rings (SSSR count). The lowest BCUT2D eigenvalue weighted by atomic mass is 9.91. The molecule has 3 N–H and O–H groups in total. The first-order valence-corrected chi connectivity index (χ1v) is 11.3. The van der Waals surface area contributed by atoms with Crippen LogP contribution in [0.3, 0.4) is 0 Å². The number of aliphatic imine (C=N–C) groups is 1. The van der Waals surface area contributed by atoms with E-state index in [2.05, 4.69) is 50.2 Å². The Kier molecular flexibility index (Phi) is 8.09. The molecule has 1 saturated carbocycles. The number of amides is 1. The first-order chi connectivity index (χ1) is 15.3. The first-order valence-electron chi connectivity index (χ1n) is 11.3. The Bertz CT molecular complexity index is 900. The number of ether oxygens (including phenoxy) is 1. The van der Waals surface area contributed by atoms with Gasteiger partial charge in [0.25, 0.3) is 0 Å². The highest BCUT2D eigenvalue weighted by Gasteiger charge is 2.25. The average molecular weight is 438 g/mol. The van der Waals surface area contributed by atoms with Crippen molar-refractivity contribution < 1.29 is 9.53 Å². The van der Waals surface area contributed by atoms with Gasteiger partial charge in [-0.05, 0) is 70.2 Å². The zero-order valence-electron chi connectivity index (χ0n) is 19.5. The van der Waals surface area contributed by atoms with Gasteiger partial charge in [-0.2, -0.15) is 0 Å². The summed E-state index contributed by atoms with van der Waals surface area (Å²) in [5.74, 6) is 0.789. The zero-order valence-corrected chi connectivity index (χ0v) is 19.5. The van der Waals surface area contributed by atoms with Crippen molar-refractivity contribution in [2.75, 3.05) is 7.05 Å². The third-order valence-electron chi connectivity index (χ3n) is 5.36. The number of hydrogen-bond donors (Lipinski definition) is 3. The minimum atomic E-state index is -0.474.